The van der Waals surface area contributed by atoms with Gasteiger partial charge in [-0.3, -0.25) is 14.6 Å². The molecule has 2 aliphatic heterocycles. The Balaban J connectivity index is 1.31. The highest BCUT2D eigenvalue weighted by molar-refractivity contribution is 5.97. The molecule has 8 heteroatoms. The number of likely N-dealkylation sites (tertiary alicyclic amines) is 1. The number of carbonyl (C=O) groups is 1. The molecule has 8 nitrogen and oxygen atoms in total. The number of nitrogens with zero attached hydrogens (tertiary/aromatic N) is 4. The zero-order valence-electron chi connectivity index (χ0n) is 17.7. The molecule has 0 aliphatic carbocycles. The molecule has 0 bridgehead atoms. The number of piperidine rings is 1. The van der Waals surface area contributed by atoms with E-state index in [0.717, 1.165) is 41.6 Å². The maximum Gasteiger partial charge on any atom is 0.253 e. The Hall–Kier alpha value is -2.87. The third-order valence-electron chi connectivity index (χ3n) is 6.31. The van der Waals surface area contributed by atoms with Crippen LogP contribution in [0.5, 0.6) is 5.75 Å². The lowest BCUT2D eigenvalue weighted by molar-refractivity contribution is -0.0177. The molecule has 4 heterocycles. The summed E-state index contributed by atoms with van der Waals surface area (Å²) >= 11 is 0. The molecular weight excluding hydrogens is 380 g/mol. The number of nitrogens with one attached hydrogen (secondary N) is 1. The van der Waals surface area contributed by atoms with Gasteiger partial charge in [0.25, 0.3) is 5.91 Å². The Kier molecular flexibility index (Phi) is 4.18. The van der Waals surface area contributed by atoms with Crippen LogP contribution in [0.25, 0.3) is 10.9 Å². The standard InChI is InChI=1S/C22H28N6O2/c1-21(2,3)28-13-18-19(26-28)16(23)11-22(30-18)6-8-27(9-7-22)20(29)14-4-5-17-15(10-14)12-24-25-17/h4-5,10,12-13,16H,6-9,11,23H2,1-3H3,(H,24,25). The number of nitrogens with two attached hydrogens (primary N) is 1. The van der Waals surface area contributed by atoms with Crippen LogP contribution in [0, 0.1) is 0 Å². The number of ether oxygens (including phenoxy) is 1. The first-order valence-electron chi connectivity index (χ1n) is 10.5. The fourth-order valence-electron chi connectivity index (χ4n) is 4.50. The number of rotatable bonds is 1. The summed E-state index contributed by atoms with van der Waals surface area (Å²) in [6.07, 6.45) is 5.96. The van der Waals surface area contributed by atoms with Crippen molar-refractivity contribution in [1.82, 2.24) is 24.9 Å². The summed E-state index contributed by atoms with van der Waals surface area (Å²) < 4.78 is 8.41. The van der Waals surface area contributed by atoms with Gasteiger partial charge in [-0.25, -0.2) is 0 Å². The molecule has 1 amide bonds. The van der Waals surface area contributed by atoms with Gasteiger partial charge in [0.15, 0.2) is 5.75 Å². The van der Waals surface area contributed by atoms with Crippen molar-refractivity contribution in [3.05, 3.63) is 41.9 Å². The Morgan fingerprint density at radius 2 is 2.07 bits per heavy atom. The molecule has 2 aliphatic rings. The number of hydrogen-bond acceptors (Lipinski definition) is 5. The van der Waals surface area contributed by atoms with Crippen molar-refractivity contribution in [2.75, 3.05) is 13.1 Å². The largest absolute Gasteiger partial charge is 0.483 e. The number of hydrogen-bond donors (Lipinski definition) is 2. The van der Waals surface area contributed by atoms with Crippen LogP contribution >= 0.6 is 0 Å². The average molecular weight is 409 g/mol. The van der Waals surface area contributed by atoms with Gasteiger partial charge in [-0.2, -0.15) is 10.2 Å². The lowest BCUT2D eigenvalue weighted by atomic mass is 9.82. The SMILES string of the molecule is CC(C)(C)n1cc2c(n1)C(N)CC1(CCN(C(=O)c3ccc4[nH]ncc4c3)CC1)O2. The summed E-state index contributed by atoms with van der Waals surface area (Å²) in [5.41, 5.74) is 8.49. The van der Waals surface area contributed by atoms with Crippen LogP contribution < -0.4 is 10.5 Å². The smallest absolute Gasteiger partial charge is 0.253 e. The number of carbonyl (C=O) groups excluding carboxylic acids is 1. The predicted molar refractivity (Wildman–Crippen MR) is 113 cm³/mol. The van der Waals surface area contributed by atoms with Crippen molar-refractivity contribution in [2.45, 2.75) is 57.2 Å². The minimum absolute atomic E-state index is 0.0503. The van der Waals surface area contributed by atoms with E-state index in [0.29, 0.717) is 18.7 Å². The zero-order chi connectivity index (χ0) is 21.1. The molecule has 0 radical (unpaired) electrons. The number of benzene rings is 1. The van der Waals surface area contributed by atoms with Gasteiger partial charge in [-0.05, 0) is 39.0 Å². The predicted octanol–water partition coefficient (Wildman–Crippen LogP) is 2.97. The van der Waals surface area contributed by atoms with Crippen LogP contribution in [0.2, 0.25) is 0 Å². The van der Waals surface area contributed by atoms with Crippen molar-refractivity contribution < 1.29 is 9.53 Å². The first kappa shape index (κ1) is 19.1. The molecule has 1 unspecified atom stereocenters. The fraction of sp³-hybridized carbons (Fsp3) is 0.500. The van der Waals surface area contributed by atoms with Crippen LogP contribution in [0.4, 0.5) is 0 Å². The highest BCUT2D eigenvalue weighted by atomic mass is 16.5. The number of H-pyrrole nitrogens is 1. The van der Waals surface area contributed by atoms with E-state index in [-0.39, 0.29) is 23.1 Å². The molecule has 1 spiro atoms. The first-order valence-corrected chi connectivity index (χ1v) is 10.5. The molecule has 3 N–H and O–H groups in total. The van der Waals surface area contributed by atoms with Gasteiger partial charge in [0.1, 0.15) is 11.3 Å². The van der Waals surface area contributed by atoms with E-state index in [1.807, 2.05) is 34.0 Å². The molecule has 1 aromatic carbocycles. The molecule has 2 aromatic heterocycles. The summed E-state index contributed by atoms with van der Waals surface area (Å²) in [5.74, 6) is 0.836. The maximum absolute atomic E-state index is 13.0. The van der Waals surface area contributed by atoms with E-state index >= 15 is 0 Å². The van der Waals surface area contributed by atoms with Crippen molar-refractivity contribution in [1.29, 1.82) is 0 Å². The van der Waals surface area contributed by atoms with Crippen molar-refractivity contribution in [2.24, 2.45) is 5.73 Å². The fourth-order valence-corrected chi connectivity index (χ4v) is 4.50. The van der Waals surface area contributed by atoms with Crippen LogP contribution in [-0.4, -0.2) is 49.5 Å². The zero-order valence-corrected chi connectivity index (χ0v) is 17.7. The van der Waals surface area contributed by atoms with E-state index in [9.17, 15) is 4.79 Å². The number of amides is 1. The monoisotopic (exact) mass is 408 g/mol. The second-order valence-electron chi connectivity index (χ2n) is 9.55. The lowest BCUT2D eigenvalue weighted by Gasteiger charge is -2.45. The van der Waals surface area contributed by atoms with Crippen molar-refractivity contribution in [3.8, 4) is 5.75 Å². The Morgan fingerprint density at radius 1 is 1.30 bits per heavy atom. The normalized spacial score (nSPS) is 20.9. The highest BCUT2D eigenvalue weighted by Gasteiger charge is 2.44. The lowest BCUT2D eigenvalue weighted by Crippen LogP contribution is -2.52. The summed E-state index contributed by atoms with van der Waals surface area (Å²) in [4.78, 5) is 14.9. The summed E-state index contributed by atoms with van der Waals surface area (Å²) in [6, 6.07) is 5.50. The molecule has 158 valence electrons. The van der Waals surface area contributed by atoms with Crippen LogP contribution in [-0.2, 0) is 5.54 Å². The molecule has 1 saturated heterocycles. The third-order valence-corrected chi connectivity index (χ3v) is 6.31. The van der Waals surface area contributed by atoms with Gasteiger partial charge in [0.05, 0.1) is 29.5 Å². The minimum Gasteiger partial charge on any atom is -0.483 e. The summed E-state index contributed by atoms with van der Waals surface area (Å²) in [5, 5.41) is 12.6. The second kappa shape index (κ2) is 6.57. The van der Waals surface area contributed by atoms with E-state index in [1.54, 1.807) is 6.20 Å². The molecule has 3 aromatic rings. The van der Waals surface area contributed by atoms with Gasteiger partial charge in [-0.1, -0.05) is 0 Å². The van der Waals surface area contributed by atoms with Crippen LogP contribution in [0.3, 0.4) is 0 Å². The third kappa shape index (κ3) is 3.15. The molecule has 5 rings (SSSR count). The molecule has 1 atom stereocenters. The Labute approximate surface area is 175 Å². The van der Waals surface area contributed by atoms with E-state index in [2.05, 4.69) is 36.1 Å². The van der Waals surface area contributed by atoms with Gasteiger partial charge >= 0.3 is 0 Å². The van der Waals surface area contributed by atoms with Gasteiger partial charge in [0.2, 0.25) is 0 Å². The van der Waals surface area contributed by atoms with E-state index in [4.69, 9.17) is 10.5 Å². The van der Waals surface area contributed by atoms with E-state index < -0.39 is 0 Å². The van der Waals surface area contributed by atoms with Gasteiger partial charge in [0, 0.05) is 43.3 Å². The number of fused-ring (bicyclic) bond motifs is 2. The molecule has 0 saturated carbocycles. The molecule has 30 heavy (non-hydrogen) atoms. The van der Waals surface area contributed by atoms with Crippen LogP contribution in [0.1, 0.15) is 62.1 Å². The second-order valence-corrected chi connectivity index (χ2v) is 9.55. The first-order chi connectivity index (χ1) is 14.2. The van der Waals surface area contributed by atoms with Crippen LogP contribution in [0.15, 0.2) is 30.6 Å². The van der Waals surface area contributed by atoms with Gasteiger partial charge in [-0.15, -0.1) is 0 Å². The molecule has 1 fully saturated rings. The number of aromatic amines is 1. The van der Waals surface area contributed by atoms with Crippen molar-refractivity contribution >= 4 is 16.8 Å². The minimum atomic E-state index is -0.330. The quantitative estimate of drug-likeness (QED) is 0.644. The summed E-state index contributed by atoms with van der Waals surface area (Å²) in [7, 11) is 0. The average Bonchev–Trinajstić information content (AvgIpc) is 3.34. The topological polar surface area (TPSA) is 102 Å². The van der Waals surface area contributed by atoms with Gasteiger partial charge < -0.3 is 15.4 Å². The maximum atomic E-state index is 13.0. The Morgan fingerprint density at radius 3 is 2.80 bits per heavy atom. The molecular formula is C22H28N6O2. The summed E-state index contributed by atoms with van der Waals surface area (Å²) in [6.45, 7) is 7.63. The Bertz CT molecular complexity index is 1100. The number of aromatic nitrogens is 4. The van der Waals surface area contributed by atoms with Crippen molar-refractivity contribution in [3.63, 3.8) is 0 Å². The van der Waals surface area contributed by atoms with E-state index in [1.165, 1.54) is 0 Å². The highest BCUT2D eigenvalue weighted by Crippen LogP contribution is 2.43.